The molecule has 96 valence electrons. The van der Waals surface area contributed by atoms with Crippen LogP contribution < -0.4 is 0 Å². The molecule has 2 aromatic heterocycles. The Labute approximate surface area is 108 Å². The van der Waals surface area contributed by atoms with Crippen LogP contribution in [0.25, 0.3) is 0 Å². The number of hydrogen-bond donors (Lipinski definition) is 2. The molecule has 0 aliphatic rings. The lowest BCUT2D eigenvalue weighted by molar-refractivity contribution is 0.0688. The van der Waals surface area contributed by atoms with Gasteiger partial charge in [-0.1, -0.05) is 0 Å². The molecule has 2 N–H and O–H groups in total. The smallest absolute Gasteiger partial charge is 0.354 e. The maximum Gasteiger partial charge on any atom is 0.354 e. The van der Waals surface area contributed by atoms with Gasteiger partial charge in [0.05, 0.1) is 12.2 Å². The van der Waals surface area contributed by atoms with Crippen molar-refractivity contribution in [1.29, 1.82) is 0 Å². The second kappa shape index (κ2) is 5.28. The van der Waals surface area contributed by atoms with E-state index in [1.165, 1.54) is 0 Å². The van der Waals surface area contributed by atoms with E-state index in [0.717, 1.165) is 5.01 Å². The van der Waals surface area contributed by atoms with Gasteiger partial charge in [0.15, 0.2) is 0 Å². The molecule has 0 saturated carbocycles. The summed E-state index contributed by atoms with van der Waals surface area (Å²) in [4.78, 5) is 17.3. The number of aromatic amines is 1. The van der Waals surface area contributed by atoms with E-state index in [1.807, 2.05) is 24.3 Å². The predicted molar refractivity (Wildman–Crippen MR) is 67.5 cm³/mol. The van der Waals surface area contributed by atoms with Gasteiger partial charge in [0.2, 0.25) is 0 Å². The zero-order chi connectivity index (χ0) is 13.1. The number of rotatable bonds is 5. The fourth-order valence-electron chi connectivity index (χ4n) is 1.65. The minimum absolute atomic E-state index is 0.140. The first-order chi connectivity index (χ1) is 8.59. The summed E-state index contributed by atoms with van der Waals surface area (Å²) in [6.07, 6.45) is 3.32. The van der Waals surface area contributed by atoms with Crippen LogP contribution in [0.15, 0.2) is 17.8 Å². The van der Waals surface area contributed by atoms with Gasteiger partial charge in [0, 0.05) is 23.7 Å². The molecule has 0 unspecified atom stereocenters. The lowest BCUT2D eigenvalue weighted by atomic mass is 10.2. The number of H-pyrrole nitrogens is 1. The van der Waals surface area contributed by atoms with Crippen molar-refractivity contribution in [3.8, 4) is 0 Å². The van der Waals surface area contributed by atoms with Crippen molar-refractivity contribution >= 4 is 17.3 Å². The zero-order valence-electron chi connectivity index (χ0n) is 10.1. The second-order valence-electron chi connectivity index (χ2n) is 4.04. The highest BCUT2D eigenvalue weighted by atomic mass is 32.1. The van der Waals surface area contributed by atoms with Crippen LogP contribution in [0.2, 0.25) is 0 Å². The first kappa shape index (κ1) is 12.7. The van der Waals surface area contributed by atoms with E-state index in [1.54, 1.807) is 23.7 Å². The van der Waals surface area contributed by atoms with Crippen LogP contribution in [-0.4, -0.2) is 38.2 Å². The van der Waals surface area contributed by atoms with Crippen molar-refractivity contribution in [3.63, 3.8) is 0 Å². The van der Waals surface area contributed by atoms with Crippen molar-refractivity contribution < 1.29 is 9.90 Å². The Morgan fingerprint density at radius 1 is 1.67 bits per heavy atom. The van der Waals surface area contributed by atoms with Gasteiger partial charge < -0.3 is 5.11 Å². The first-order valence-electron chi connectivity index (χ1n) is 5.44. The summed E-state index contributed by atoms with van der Waals surface area (Å²) in [5, 5.41) is 18.2. The zero-order valence-corrected chi connectivity index (χ0v) is 10.9. The largest absolute Gasteiger partial charge is 0.477 e. The third kappa shape index (κ3) is 2.57. The molecule has 0 fully saturated rings. The molecule has 2 aromatic rings. The fourth-order valence-corrected chi connectivity index (χ4v) is 2.41. The number of nitrogens with zero attached hydrogens (tertiary/aromatic N) is 3. The molecule has 0 aromatic carbocycles. The average Bonchev–Trinajstić information content (AvgIpc) is 2.98. The van der Waals surface area contributed by atoms with Crippen LogP contribution in [0.1, 0.15) is 34.0 Å². The molecule has 0 spiro atoms. The molecule has 0 amide bonds. The van der Waals surface area contributed by atoms with E-state index in [9.17, 15) is 4.79 Å². The van der Waals surface area contributed by atoms with Gasteiger partial charge in [-0.15, -0.1) is 11.3 Å². The summed E-state index contributed by atoms with van der Waals surface area (Å²) < 4.78 is 0. The molecule has 0 radical (unpaired) electrons. The molecule has 6 nitrogen and oxygen atoms in total. The lowest BCUT2D eigenvalue weighted by Crippen LogP contribution is -2.22. The van der Waals surface area contributed by atoms with E-state index in [-0.39, 0.29) is 11.7 Å². The van der Waals surface area contributed by atoms with Gasteiger partial charge in [-0.05, 0) is 14.0 Å². The number of carbonyl (C=O) groups is 1. The quantitative estimate of drug-likeness (QED) is 0.861. The van der Waals surface area contributed by atoms with Gasteiger partial charge in [0.1, 0.15) is 10.7 Å². The molecule has 0 bridgehead atoms. The molecular weight excluding hydrogens is 252 g/mol. The number of carboxylic acid groups (broad SMARTS) is 1. The lowest BCUT2D eigenvalue weighted by Gasteiger charge is -2.22. The highest BCUT2D eigenvalue weighted by Crippen LogP contribution is 2.22. The summed E-state index contributed by atoms with van der Waals surface area (Å²) in [7, 11) is 1.94. The average molecular weight is 266 g/mol. The van der Waals surface area contributed by atoms with E-state index in [2.05, 4.69) is 15.2 Å². The van der Waals surface area contributed by atoms with Crippen LogP contribution in [0, 0.1) is 0 Å². The predicted octanol–water partition coefficient (Wildman–Crippen LogP) is 1.76. The number of thiazole rings is 1. The number of nitrogens with one attached hydrogen (secondary N) is 1. The monoisotopic (exact) mass is 266 g/mol. The van der Waals surface area contributed by atoms with Gasteiger partial charge in [-0.3, -0.25) is 10.00 Å². The topological polar surface area (TPSA) is 82.1 Å². The molecule has 0 saturated heterocycles. The number of hydrogen-bond acceptors (Lipinski definition) is 5. The third-order valence-electron chi connectivity index (χ3n) is 2.82. The number of aromatic nitrogens is 3. The van der Waals surface area contributed by atoms with E-state index in [0.29, 0.717) is 12.1 Å². The molecule has 2 rings (SSSR count). The van der Waals surface area contributed by atoms with Gasteiger partial charge in [-0.25, -0.2) is 9.78 Å². The van der Waals surface area contributed by atoms with E-state index >= 15 is 0 Å². The minimum Gasteiger partial charge on any atom is -0.477 e. The Bertz CT molecular complexity index is 523. The van der Waals surface area contributed by atoms with Crippen molar-refractivity contribution in [2.45, 2.75) is 19.5 Å². The normalized spacial score (nSPS) is 12.8. The van der Waals surface area contributed by atoms with Crippen molar-refractivity contribution in [1.82, 2.24) is 20.1 Å². The maximum atomic E-state index is 11.0. The summed E-state index contributed by atoms with van der Waals surface area (Å²) in [6.45, 7) is 2.55. The standard InChI is InChI=1S/C11H14N4O2S/c1-7(10-12-3-4-18-10)15(2)6-8-5-13-14-9(8)11(16)17/h3-5,7H,6H2,1-2H3,(H,13,14)(H,16,17)/t7-/m0/s1. The van der Waals surface area contributed by atoms with Crippen molar-refractivity contribution in [2.75, 3.05) is 7.05 Å². The Morgan fingerprint density at radius 3 is 3.06 bits per heavy atom. The van der Waals surface area contributed by atoms with Crippen LogP contribution in [0.3, 0.4) is 0 Å². The highest BCUT2D eigenvalue weighted by molar-refractivity contribution is 7.09. The van der Waals surface area contributed by atoms with Crippen LogP contribution in [0.4, 0.5) is 0 Å². The minimum atomic E-state index is -0.988. The maximum absolute atomic E-state index is 11.0. The van der Waals surface area contributed by atoms with Crippen molar-refractivity contribution in [2.24, 2.45) is 0 Å². The van der Waals surface area contributed by atoms with Gasteiger partial charge >= 0.3 is 5.97 Å². The Morgan fingerprint density at radius 2 is 2.44 bits per heavy atom. The van der Waals surface area contributed by atoms with Crippen LogP contribution in [-0.2, 0) is 6.54 Å². The summed E-state index contributed by atoms with van der Waals surface area (Å²) >= 11 is 1.59. The molecular formula is C11H14N4O2S. The highest BCUT2D eigenvalue weighted by Gasteiger charge is 2.18. The molecule has 1 atom stereocenters. The molecule has 0 aliphatic carbocycles. The Kier molecular flexibility index (Phi) is 3.73. The fraction of sp³-hybridized carbons (Fsp3) is 0.364. The first-order valence-corrected chi connectivity index (χ1v) is 6.32. The third-order valence-corrected chi connectivity index (χ3v) is 3.77. The van der Waals surface area contributed by atoms with E-state index in [4.69, 9.17) is 5.11 Å². The van der Waals surface area contributed by atoms with Gasteiger partial charge in [0.25, 0.3) is 0 Å². The second-order valence-corrected chi connectivity index (χ2v) is 4.96. The molecule has 18 heavy (non-hydrogen) atoms. The van der Waals surface area contributed by atoms with E-state index < -0.39 is 5.97 Å². The SMILES string of the molecule is C[C@@H](c1nccs1)N(C)Cc1cn[nH]c1C(=O)O. The summed E-state index contributed by atoms with van der Waals surface area (Å²) in [5.74, 6) is -0.988. The van der Waals surface area contributed by atoms with Crippen LogP contribution >= 0.6 is 11.3 Å². The van der Waals surface area contributed by atoms with Gasteiger partial charge in [-0.2, -0.15) is 5.10 Å². The van der Waals surface area contributed by atoms with Crippen LogP contribution in [0.5, 0.6) is 0 Å². The summed E-state index contributed by atoms with van der Waals surface area (Å²) in [6, 6.07) is 0.140. The molecule has 2 heterocycles. The number of carboxylic acids is 1. The summed E-state index contributed by atoms with van der Waals surface area (Å²) in [5.41, 5.74) is 0.821. The number of aromatic carboxylic acids is 1. The van der Waals surface area contributed by atoms with Crippen molar-refractivity contribution in [3.05, 3.63) is 34.0 Å². The Balaban J connectivity index is 2.09. The molecule has 7 heteroatoms. The Hall–Kier alpha value is -1.73. The molecule has 0 aliphatic heterocycles.